The molecule has 1 aliphatic rings. The predicted octanol–water partition coefficient (Wildman–Crippen LogP) is 6.56. The molecule has 0 atom stereocenters. The van der Waals surface area contributed by atoms with Gasteiger partial charge < -0.3 is 10.3 Å². The monoisotopic (exact) mass is 464 g/mol. The third-order valence-corrected chi connectivity index (χ3v) is 5.08. The van der Waals surface area contributed by atoms with E-state index >= 15 is 0 Å². The SMILES string of the molecule is CC(C)=Nc1ccc(-c2c[nH]c3nc(NCC(F)(F)C4CC4)ncc23)nc1C.CCC(F)F. The average molecular weight is 465 g/mol. The van der Waals surface area contributed by atoms with Crippen LogP contribution in [0.15, 0.2) is 29.5 Å². The quantitative estimate of drug-likeness (QED) is 0.307. The molecule has 0 unspecified atom stereocenters. The van der Waals surface area contributed by atoms with E-state index in [-0.39, 0.29) is 12.4 Å². The number of nitrogens with one attached hydrogen (secondary N) is 2. The van der Waals surface area contributed by atoms with Gasteiger partial charge in [-0.1, -0.05) is 6.92 Å². The highest BCUT2D eigenvalue weighted by atomic mass is 19.3. The summed E-state index contributed by atoms with van der Waals surface area (Å²) < 4.78 is 49.2. The van der Waals surface area contributed by atoms with E-state index in [0.717, 1.165) is 33.7 Å². The van der Waals surface area contributed by atoms with Gasteiger partial charge in [-0.05, 0) is 45.7 Å². The first-order valence-electron chi connectivity index (χ1n) is 10.8. The van der Waals surface area contributed by atoms with Gasteiger partial charge >= 0.3 is 0 Å². The first kappa shape index (κ1) is 24.6. The van der Waals surface area contributed by atoms with Gasteiger partial charge in [-0.25, -0.2) is 22.5 Å². The number of aromatic nitrogens is 4. The molecular weight excluding hydrogens is 436 g/mol. The normalized spacial score (nSPS) is 13.6. The van der Waals surface area contributed by atoms with Crippen molar-refractivity contribution in [3.8, 4) is 11.3 Å². The molecule has 4 rings (SSSR count). The van der Waals surface area contributed by atoms with E-state index in [9.17, 15) is 17.6 Å². The Hall–Kier alpha value is -3.04. The van der Waals surface area contributed by atoms with Crippen LogP contribution in [0.25, 0.3) is 22.3 Å². The number of H-pyrrole nitrogens is 1. The van der Waals surface area contributed by atoms with Crippen LogP contribution in [-0.2, 0) is 0 Å². The zero-order valence-electron chi connectivity index (χ0n) is 19.1. The summed E-state index contributed by atoms with van der Waals surface area (Å²) in [4.78, 5) is 20.7. The molecule has 0 bridgehead atoms. The minimum atomic E-state index is -2.72. The van der Waals surface area contributed by atoms with E-state index < -0.39 is 24.8 Å². The molecule has 10 heteroatoms. The molecule has 0 radical (unpaired) electrons. The van der Waals surface area contributed by atoms with Crippen LogP contribution < -0.4 is 5.32 Å². The fraction of sp³-hybridized carbons (Fsp3) is 0.478. The van der Waals surface area contributed by atoms with Crippen LogP contribution in [0, 0.1) is 12.8 Å². The standard InChI is InChI=1S/C20H22F2N6.C3H6F2/c1-11(2)26-16-6-7-17(27-12(16)3)14-8-23-18-15(14)9-24-19(28-18)25-10-20(21,22)13-4-5-13;1-2-3(4)5/h6-9,13H,4-5,10H2,1-3H3,(H2,23,24,25,28);3H,2H2,1H3. The molecule has 3 heterocycles. The number of nitrogens with zero attached hydrogens (tertiary/aromatic N) is 4. The maximum atomic E-state index is 13.8. The molecule has 2 N–H and O–H groups in total. The number of halogens is 4. The Morgan fingerprint density at radius 1 is 1.24 bits per heavy atom. The van der Waals surface area contributed by atoms with Gasteiger partial charge in [-0.2, -0.15) is 4.98 Å². The highest BCUT2D eigenvalue weighted by Crippen LogP contribution is 2.43. The maximum Gasteiger partial charge on any atom is 0.267 e. The fourth-order valence-electron chi connectivity index (χ4n) is 3.11. The van der Waals surface area contributed by atoms with Crippen molar-refractivity contribution in [1.29, 1.82) is 0 Å². The van der Waals surface area contributed by atoms with Gasteiger partial charge in [0, 0.05) is 41.4 Å². The number of hydrogen-bond acceptors (Lipinski definition) is 5. The van der Waals surface area contributed by atoms with Gasteiger partial charge in [-0.3, -0.25) is 9.98 Å². The third kappa shape index (κ3) is 6.49. The van der Waals surface area contributed by atoms with E-state index in [1.807, 2.05) is 32.9 Å². The van der Waals surface area contributed by atoms with Crippen LogP contribution in [0.5, 0.6) is 0 Å². The van der Waals surface area contributed by atoms with E-state index in [4.69, 9.17) is 0 Å². The summed E-state index contributed by atoms with van der Waals surface area (Å²) in [6.45, 7) is 6.80. The second kappa shape index (κ2) is 10.3. The average Bonchev–Trinajstić information content (AvgIpc) is 3.55. The van der Waals surface area contributed by atoms with E-state index in [0.29, 0.717) is 18.5 Å². The Morgan fingerprint density at radius 3 is 2.52 bits per heavy atom. The Balaban J connectivity index is 0.000000555. The lowest BCUT2D eigenvalue weighted by molar-refractivity contribution is -0.00831. The van der Waals surface area contributed by atoms with Gasteiger partial charge in [0.2, 0.25) is 12.4 Å². The number of aliphatic imine (C=N–C) groups is 1. The van der Waals surface area contributed by atoms with Crippen LogP contribution >= 0.6 is 0 Å². The summed E-state index contributed by atoms with van der Waals surface area (Å²) in [5.74, 6) is -3.05. The molecule has 1 aliphatic carbocycles. The smallest absolute Gasteiger partial charge is 0.267 e. The van der Waals surface area contributed by atoms with Crippen LogP contribution in [0.3, 0.4) is 0 Å². The molecule has 0 aliphatic heterocycles. The third-order valence-electron chi connectivity index (χ3n) is 5.08. The summed E-state index contributed by atoms with van der Waals surface area (Å²) in [6.07, 6.45) is 2.46. The van der Waals surface area contributed by atoms with Crippen molar-refractivity contribution in [2.24, 2.45) is 10.9 Å². The molecule has 3 aromatic heterocycles. The van der Waals surface area contributed by atoms with E-state index in [1.54, 1.807) is 12.4 Å². The highest BCUT2D eigenvalue weighted by molar-refractivity contribution is 5.92. The zero-order chi connectivity index (χ0) is 24.2. The molecule has 0 amide bonds. The Bertz CT molecular complexity index is 1120. The number of anilines is 1. The van der Waals surface area contributed by atoms with Gasteiger partial charge in [0.05, 0.1) is 23.6 Å². The van der Waals surface area contributed by atoms with Crippen LogP contribution in [0.1, 0.15) is 45.7 Å². The van der Waals surface area contributed by atoms with Crippen molar-refractivity contribution in [3.63, 3.8) is 0 Å². The molecule has 1 fully saturated rings. The number of rotatable bonds is 7. The molecule has 33 heavy (non-hydrogen) atoms. The molecule has 3 aromatic rings. The summed E-state index contributed by atoms with van der Waals surface area (Å²) >= 11 is 0. The number of hydrogen-bond donors (Lipinski definition) is 2. The summed E-state index contributed by atoms with van der Waals surface area (Å²) in [5.41, 5.74) is 4.84. The number of aromatic amines is 1. The lowest BCUT2D eigenvalue weighted by Crippen LogP contribution is -2.29. The first-order chi connectivity index (χ1) is 15.6. The minimum absolute atomic E-state index is 0.0278. The lowest BCUT2D eigenvalue weighted by Gasteiger charge is -2.15. The van der Waals surface area contributed by atoms with Crippen molar-refractivity contribution in [3.05, 3.63) is 30.2 Å². The second-order valence-electron chi connectivity index (χ2n) is 8.21. The van der Waals surface area contributed by atoms with Crippen molar-refractivity contribution in [1.82, 2.24) is 19.9 Å². The van der Waals surface area contributed by atoms with Gasteiger partial charge in [0.1, 0.15) is 5.65 Å². The molecule has 0 saturated heterocycles. The topological polar surface area (TPSA) is 78.9 Å². The summed E-state index contributed by atoms with van der Waals surface area (Å²) in [5, 5.41) is 3.45. The fourth-order valence-corrected chi connectivity index (χ4v) is 3.11. The molecule has 0 aromatic carbocycles. The number of fused-ring (bicyclic) bond motifs is 1. The van der Waals surface area contributed by atoms with Crippen LogP contribution in [-0.4, -0.2) is 44.5 Å². The van der Waals surface area contributed by atoms with Gasteiger partial charge in [-0.15, -0.1) is 0 Å². The maximum absolute atomic E-state index is 13.8. The number of alkyl halides is 4. The van der Waals surface area contributed by atoms with E-state index in [1.165, 1.54) is 6.92 Å². The Morgan fingerprint density at radius 2 is 1.94 bits per heavy atom. The minimum Gasteiger partial charge on any atom is -0.348 e. The van der Waals surface area contributed by atoms with Crippen molar-refractivity contribution in [2.75, 3.05) is 11.9 Å². The second-order valence-corrected chi connectivity index (χ2v) is 8.21. The van der Waals surface area contributed by atoms with Crippen molar-refractivity contribution >= 4 is 28.4 Å². The van der Waals surface area contributed by atoms with E-state index in [2.05, 4.69) is 30.2 Å². The van der Waals surface area contributed by atoms with Crippen molar-refractivity contribution in [2.45, 2.75) is 59.3 Å². The van der Waals surface area contributed by atoms with Gasteiger partial charge in [0.15, 0.2) is 0 Å². The number of aryl methyl sites for hydroxylation is 1. The molecule has 6 nitrogen and oxygen atoms in total. The predicted molar refractivity (Wildman–Crippen MR) is 123 cm³/mol. The van der Waals surface area contributed by atoms with Crippen molar-refractivity contribution < 1.29 is 17.6 Å². The highest BCUT2D eigenvalue weighted by Gasteiger charge is 2.46. The molecule has 1 saturated carbocycles. The first-order valence-corrected chi connectivity index (χ1v) is 10.8. The summed E-state index contributed by atoms with van der Waals surface area (Å²) in [6, 6.07) is 3.83. The largest absolute Gasteiger partial charge is 0.348 e. The number of pyridine rings is 1. The van der Waals surface area contributed by atoms with Gasteiger partial charge in [0.25, 0.3) is 5.92 Å². The van der Waals surface area contributed by atoms with Crippen LogP contribution in [0.2, 0.25) is 0 Å². The zero-order valence-corrected chi connectivity index (χ0v) is 19.1. The molecular formula is C23H28F4N6. The summed E-state index contributed by atoms with van der Waals surface area (Å²) in [7, 11) is 0. The molecule has 0 spiro atoms. The Kier molecular flexibility index (Phi) is 7.65. The van der Waals surface area contributed by atoms with Crippen LogP contribution in [0.4, 0.5) is 29.2 Å². The Labute approximate surface area is 190 Å². The molecule has 178 valence electrons. The lowest BCUT2D eigenvalue weighted by atomic mass is 10.1.